The highest BCUT2D eigenvalue weighted by Crippen LogP contribution is 2.45. The van der Waals surface area contributed by atoms with Crippen molar-refractivity contribution in [2.24, 2.45) is 5.41 Å². The number of imidazole rings is 1. The summed E-state index contributed by atoms with van der Waals surface area (Å²) < 4.78 is 7.56. The van der Waals surface area contributed by atoms with Crippen LogP contribution in [-0.4, -0.2) is 59.9 Å². The summed E-state index contributed by atoms with van der Waals surface area (Å²) in [6.45, 7) is 9.64. The molecule has 112 valence electrons. The van der Waals surface area contributed by atoms with Crippen molar-refractivity contribution >= 4 is 0 Å². The summed E-state index contributed by atoms with van der Waals surface area (Å²) in [4.78, 5) is 6.66. The first kappa shape index (κ1) is 14.0. The predicted octanol–water partition coefficient (Wildman–Crippen LogP) is 0.974. The van der Waals surface area contributed by atoms with E-state index < -0.39 is 0 Å². The average molecular weight is 278 g/mol. The molecule has 3 rings (SSSR count). The van der Waals surface area contributed by atoms with E-state index in [0.717, 1.165) is 39.4 Å². The van der Waals surface area contributed by atoms with E-state index in [0.29, 0.717) is 11.5 Å². The molecular formula is C15H26N4O. The fraction of sp³-hybridized carbons (Fsp3) is 0.800. The van der Waals surface area contributed by atoms with Gasteiger partial charge in [-0.25, -0.2) is 4.98 Å². The first-order valence-electron chi connectivity index (χ1n) is 7.75. The molecule has 1 aromatic heterocycles. The Labute approximate surface area is 121 Å². The zero-order chi connectivity index (χ0) is 13.8. The molecule has 2 aliphatic rings. The van der Waals surface area contributed by atoms with E-state index in [1.165, 1.54) is 19.4 Å². The monoisotopic (exact) mass is 278 g/mol. The van der Waals surface area contributed by atoms with Gasteiger partial charge in [0.25, 0.3) is 0 Å². The summed E-state index contributed by atoms with van der Waals surface area (Å²) in [5.74, 6) is 0. The van der Waals surface area contributed by atoms with E-state index in [-0.39, 0.29) is 0 Å². The SMILES string of the molecule is C[C@H](Cn1ccnc1)NCC1(CN2CCOCC2)CC1. The van der Waals surface area contributed by atoms with Crippen LogP contribution < -0.4 is 5.32 Å². The van der Waals surface area contributed by atoms with Gasteiger partial charge in [-0.1, -0.05) is 0 Å². The lowest BCUT2D eigenvalue weighted by Crippen LogP contribution is -2.44. The Morgan fingerprint density at radius 3 is 2.80 bits per heavy atom. The molecule has 0 spiro atoms. The normalized spacial score (nSPS) is 23.6. The van der Waals surface area contributed by atoms with Gasteiger partial charge < -0.3 is 14.6 Å². The Kier molecular flexibility index (Phi) is 4.38. The molecule has 0 bridgehead atoms. The Morgan fingerprint density at radius 1 is 1.35 bits per heavy atom. The van der Waals surface area contributed by atoms with Gasteiger partial charge in [0.05, 0.1) is 19.5 Å². The highest BCUT2D eigenvalue weighted by molar-refractivity contribution is 4.98. The number of rotatable bonds is 7. The molecule has 2 fully saturated rings. The van der Waals surface area contributed by atoms with E-state index in [2.05, 4.69) is 26.7 Å². The maximum absolute atomic E-state index is 5.43. The third-order valence-electron chi connectivity index (χ3n) is 4.49. The minimum absolute atomic E-state index is 0.492. The van der Waals surface area contributed by atoms with Gasteiger partial charge in [0, 0.05) is 51.2 Å². The number of ether oxygens (including phenoxy) is 1. The molecule has 5 nitrogen and oxygen atoms in total. The summed E-state index contributed by atoms with van der Waals surface area (Å²) in [5.41, 5.74) is 0.528. The van der Waals surface area contributed by atoms with Crippen molar-refractivity contribution in [3.63, 3.8) is 0 Å². The molecule has 0 aromatic carbocycles. The smallest absolute Gasteiger partial charge is 0.0946 e. The van der Waals surface area contributed by atoms with Crippen LogP contribution in [-0.2, 0) is 11.3 Å². The second-order valence-electron chi connectivity index (χ2n) is 6.43. The van der Waals surface area contributed by atoms with Crippen LogP contribution in [0, 0.1) is 5.41 Å². The molecule has 5 heteroatoms. The van der Waals surface area contributed by atoms with Crippen molar-refractivity contribution in [2.45, 2.75) is 32.4 Å². The van der Waals surface area contributed by atoms with Crippen LogP contribution in [0.3, 0.4) is 0 Å². The van der Waals surface area contributed by atoms with Crippen molar-refractivity contribution < 1.29 is 4.74 Å². The van der Waals surface area contributed by atoms with E-state index >= 15 is 0 Å². The number of nitrogens with zero attached hydrogens (tertiary/aromatic N) is 3. The van der Waals surface area contributed by atoms with E-state index in [1.54, 1.807) is 0 Å². The van der Waals surface area contributed by atoms with Crippen LogP contribution >= 0.6 is 0 Å². The molecule has 1 aliphatic carbocycles. The van der Waals surface area contributed by atoms with Gasteiger partial charge in [-0.05, 0) is 25.2 Å². The van der Waals surface area contributed by atoms with Crippen LogP contribution in [0.4, 0.5) is 0 Å². The molecular weight excluding hydrogens is 252 g/mol. The molecule has 1 saturated carbocycles. The van der Waals surface area contributed by atoms with Crippen LogP contribution in [0.1, 0.15) is 19.8 Å². The highest BCUT2D eigenvalue weighted by Gasteiger charge is 2.43. The highest BCUT2D eigenvalue weighted by atomic mass is 16.5. The maximum atomic E-state index is 5.43. The molecule has 1 aromatic rings. The van der Waals surface area contributed by atoms with Crippen LogP contribution in [0.2, 0.25) is 0 Å². The van der Waals surface area contributed by atoms with Gasteiger partial charge in [-0.2, -0.15) is 0 Å². The van der Waals surface area contributed by atoms with E-state index in [9.17, 15) is 0 Å². The Morgan fingerprint density at radius 2 is 2.15 bits per heavy atom. The van der Waals surface area contributed by atoms with Crippen LogP contribution in [0.5, 0.6) is 0 Å². The standard InChI is InChI=1S/C15H26N4O/c1-14(10-19-5-4-16-13-19)17-11-15(2-3-15)12-18-6-8-20-9-7-18/h4-5,13-14,17H,2-3,6-12H2,1H3/t14-/m1/s1. The molecule has 2 heterocycles. The zero-order valence-electron chi connectivity index (χ0n) is 12.4. The molecule has 20 heavy (non-hydrogen) atoms. The molecule has 1 saturated heterocycles. The minimum Gasteiger partial charge on any atom is -0.379 e. The Bertz CT molecular complexity index is 396. The topological polar surface area (TPSA) is 42.3 Å². The van der Waals surface area contributed by atoms with Gasteiger partial charge in [-0.15, -0.1) is 0 Å². The fourth-order valence-corrected chi connectivity index (χ4v) is 2.97. The van der Waals surface area contributed by atoms with Gasteiger partial charge in [0.1, 0.15) is 0 Å². The molecule has 1 atom stereocenters. The van der Waals surface area contributed by atoms with Crippen LogP contribution in [0.25, 0.3) is 0 Å². The first-order chi connectivity index (χ1) is 9.76. The Balaban J connectivity index is 1.40. The lowest BCUT2D eigenvalue weighted by atomic mass is 10.1. The van der Waals surface area contributed by atoms with Crippen molar-refractivity contribution in [1.82, 2.24) is 19.8 Å². The second-order valence-corrected chi connectivity index (χ2v) is 6.43. The number of nitrogens with one attached hydrogen (secondary N) is 1. The summed E-state index contributed by atoms with van der Waals surface area (Å²) in [6.07, 6.45) is 8.50. The molecule has 1 N–H and O–H groups in total. The van der Waals surface area contributed by atoms with E-state index in [1.807, 2.05) is 18.7 Å². The third-order valence-corrected chi connectivity index (χ3v) is 4.49. The third kappa shape index (κ3) is 3.81. The van der Waals surface area contributed by atoms with Gasteiger partial charge in [-0.3, -0.25) is 4.90 Å². The van der Waals surface area contributed by atoms with E-state index in [4.69, 9.17) is 4.74 Å². The molecule has 0 radical (unpaired) electrons. The Hall–Kier alpha value is -0.910. The number of hydrogen-bond acceptors (Lipinski definition) is 4. The van der Waals surface area contributed by atoms with Crippen molar-refractivity contribution in [2.75, 3.05) is 39.4 Å². The van der Waals surface area contributed by atoms with Gasteiger partial charge >= 0.3 is 0 Å². The summed E-state index contributed by atoms with van der Waals surface area (Å²) in [7, 11) is 0. The summed E-state index contributed by atoms with van der Waals surface area (Å²) >= 11 is 0. The van der Waals surface area contributed by atoms with Crippen LogP contribution in [0.15, 0.2) is 18.7 Å². The molecule has 1 aliphatic heterocycles. The number of hydrogen-bond donors (Lipinski definition) is 1. The second kappa shape index (κ2) is 6.24. The lowest BCUT2D eigenvalue weighted by Gasteiger charge is -2.31. The minimum atomic E-state index is 0.492. The maximum Gasteiger partial charge on any atom is 0.0946 e. The largest absolute Gasteiger partial charge is 0.379 e. The van der Waals surface area contributed by atoms with Gasteiger partial charge in [0.15, 0.2) is 0 Å². The summed E-state index contributed by atoms with van der Waals surface area (Å²) in [6, 6.07) is 0.492. The fourth-order valence-electron chi connectivity index (χ4n) is 2.97. The molecule has 0 amide bonds. The van der Waals surface area contributed by atoms with Gasteiger partial charge in [0.2, 0.25) is 0 Å². The van der Waals surface area contributed by atoms with Crippen molar-refractivity contribution in [3.8, 4) is 0 Å². The quantitative estimate of drug-likeness (QED) is 0.807. The predicted molar refractivity (Wildman–Crippen MR) is 78.6 cm³/mol. The molecule has 0 unspecified atom stereocenters. The average Bonchev–Trinajstić information content (AvgIpc) is 3.03. The van der Waals surface area contributed by atoms with Crippen molar-refractivity contribution in [3.05, 3.63) is 18.7 Å². The number of morpholine rings is 1. The lowest BCUT2D eigenvalue weighted by molar-refractivity contribution is 0.0282. The summed E-state index contributed by atoms with van der Waals surface area (Å²) in [5, 5.41) is 3.71. The first-order valence-corrected chi connectivity index (χ1v) is 7.75. The van der Waals surface area contributed by atoms with Crippen molar-refractivity contribution in [1.29, 1.82) is 0 Å². The zero-order valence-corrected chi connectivity index (χ0v) is 12.4. The number of aromatic nitrogens is 2.